The van der Waals surface area contributed by atoms with Crippen LogP contribution in [-0.4, -0.2) is 14.3 Å². The van der Waals surface area contributed by atoms with Crippen LogP contribution in [0.3, 0.4) is 0 Å². The molecule has 3 rings (SSSR count). The van der Waals surface area contributed by atoms with Crippen LogP contribution in [0, 0.1) is 5.92 Å². The Bertz CT molecular complexity index is 1010. The Hall–Kier alpha value is -2.42. The van der Waals surface area contributed by atoms with Crippen molar-refractivity contribution in [1.29, 1.82) is 0 Å². The first-order valence-corrected chi connectivity index (χ1v) is 11.7. The normalized spacial score (nSPS) is 12.8. The number of thiophene rings is 1. The fourth-order valence-electron chi connectivity index (χ4n) is 2.90. The van der Waals surface area contributed by atoms with Crippen molar-refractivity contribution >= 4 is 27.3 Å². The molecule has 0 aliphatic carbocycles. The molecular weight excluding hydrogens is 408 g/mol. The third-order valence-corrected chi connectivity index (χ3v) is 6.75. The zero-order valence-electron chi connectivity index (χ0n) is 16.3. The van der Waals surface area contributed by atoms with Gasteiger partial charge in [-0.1, -0.05) is 19.9 Å². The smallest absolute Gasteiger partial charge is 0.251 e. The summed E-state index contributed by atoms with van der Waals surface area (Å²) in [5, 5.41) is 5.05. The van der Waals surface area contributed by atoms with Crippen molar-refractivity contribution in [3.8, 4) is 0 Å². The molecule has 1 amide bonds. The predicted octanol–water partition coefficient (Wildman–Crippen LogP) is 4.34. The fraction of sp³-hybridized carbons (Fsp3) is 0.286. The third-order valence-electron chi connectivity index (χ3n) is 4.34. The molecule has 2 aromatic heterocycles. The average Bonchev–Trinajstić information content (AvgIpc) is 3.39. The maximum atomic E-state index is 12.7. The highest BCUT2D eigenvalue weighted by molar-refractivity contribution is 7.89. The largest absolute Gasteiger partial charge is 0.468 e. The number of rotatable bonds is 9. The summed E-state index contributed by atoms with van der Waals surface area (Å²) in [6, 6.07) is 13.2. The molecule has 0 bridgehead atoms. The first-order valence-electron chi connectivity index (χ1n) is 9.31. The van der Waals surface area contributed by atoms with Crippen LogP contribution in [-0.2, 0) is 16.6 Å². The highest BCUT2D eigenvalue weighted by atomic mass is 32.2. The lowest BCUT2D eigenvalue weighted by atomic mass is 10.0. The highest BCUT2D eigenvalue weighted by Gasteiger charge is 2.19. The molecule has 1 atom stereocenters. The lowest BCUT2D eigenvalue weighted by molar-refractivity contribution is 0.0932. The zero-order valence-corrected chi connectivity index (χ0v) is 17.9. The Labute approximate surface area is 175 Å². The first kappa shape index (κ1) is 21.3. The van der Waals surface area contributed by atoms with E-state index in [0.29, 0.717) is 17.2 Å². The number of furan rings is 1. The summed E-state index contributed by atoms with van der Waals surface area (Å²) in [5.41, 5.74) is 0.417. The van der Waals surface area contributed by atoms with Crippen molar-refractivity contribution in [1.82, 2.24) is 10.0 Å². The summed E-state index contributed by atoms with van der Waals surface area (Å²) in [4.78, 5) is 13.9. The first-order chi connectivity index (χ1) is 13.8. The molecule has 6 nitrogen and oxygen atoms in total. The van der Waals surface area contributed by atoms with Crippen LogP contribution in [0.25, 0.3) is 0 Å². The van der Waals surface area contributed by atoms with Crippen molar-refractivity contribution in [2.24, 2.45) is 5.92 Å². The Balaban J connectivity index is 1.67. The van der Waals surface area contributed by atoms with E-state index in [1.807, 2.05) is 17.5 Å². The van der Waals surface area contributed by atoms with Crippen LogP contribution in [0.1, 0.15) is 47.3 Å². The maximum absolute atomic E-state index is 12.7. The molecule has 29 heavy (non-hydrogen) atoms. The molecule has 0 aliphatic heterocycles. The van der Waals surface area contributed by atoms with E-state index >= 15 is 0 Å². The number of sulfonamides is 1. The summed E-state index contributed by atoms with van der Waals surface area (Å²) in [7, 11) is -3.69. The van der Waals surface area contributed by atoms with Gasteiger partial charge in [0.05, 0.1) is 23.7 Å². The number of amides is 1. The number of benzene rings is 1. The Morgan fingerprint density at radius 3 is 2.45 bits per heavy atom. The van der Waals surface area contributed by atoms with Gasteiger partial charge in [0.2, 0.25) is 10.0 Å². The van der Waals surface area contributed by atoms with Crippen molar-refractivity contribution in [3.05, 3.63) is 76.4 Å². The number of hydrogen-bond acceptors (Lipinski definition) is 5. The van der Waals surface area contributed by atoms with Crippen LogP contribution in [0.4, 0.5) is 0 Å². The van der Waals surface area contributed by atoms with Crippen LogP contribution in [0.2, 0.25) is 0 Å². The van der Waals surface area contributed by atoms with Gasteiger partial charge in [-0.05, 0) is 60.2 Å². The standard InChI is InChI=1S/C21H24N2O4S2/c1-15(2)13-19(20-6-4-12-28-20)23-21(24)16-7-9-18(10-8-16)29(25,26)22-14-17-5-3-11-27-17/h3-12,15,19,22H,13-14H2,1-2H3,(H,23,24). The number of carbonyl (C=O) groups excluding carboxylic acids is 1. The summed E-state index contributed by atoms with van der Waals surface area (Å²) in [5.74, 6) is 0.723. The monoisotopic (exact) mass is 432 g/mol. The van der Waals surface area contributed by atoms with Gasteiger partial charge >= 0.3 is 0 Å². The molecule has 1 aromatic carbocycles. The van der Waals surface area contributed by atoms with Gasteiger partial charge < -0.3 is 9.73 Å². The lowest BCUT2D eigenvalue weighted by Crippen LogP contribution is -2.29. The van der Waals surface area contributed by atoms with E-state index in [4.69, 9.17) is 4.42 Å². The van der Waals surface area contributed by atoms with Crippen molar-refractivity contribution in [3.63, 3.8) is 0 Å². The minimum atomic E-state index is -3.69. The van der Waals surface area contributed by atoms with Gasteiger partial charge in [-0.25, -0.2) is 13.1 Å². The summed E-state index contributed by atoms with van der Waals surface area (Å²) in [6.45, 7) is 4.29. The van der Waals surface area contributed by atoms with Crippen LogP contribution in [0.5, 0.6) is 0 Å². The average molecular weight is 433 g/mol. The second-order valence-electron chi connectivity index (χ2n) is 7.10. The van der Waals surface area contributed by atoms with Crippen LogP contribution < -0.4 is 10.0 Å². The van der Waals surface area contributed by atoms with Gasteiger partial charge in [-0.2, -0.15) is 0 Å². The molecule has 154 valence electrons. The topological polar surface area (TPSA) is 88.4 Å². The molecular formula is C21H24N2O4S2. The SMILES string of the molecule is CC(C)CC(NC(=O)c1ccc(S(=O)(=O)NCc2ccco2)cc1)c1cccs1. The van der Waals surface area contributed by atoms with E-state index in [9.17, 15) is 13.2 Å². The third kappa shape index (κ3) is 5.79. The van der Waals surface area contributed by atoms with Crippen LogP contribution >= 0.6 is 11.3 Å². The van der Waals surface area contributed by atoms with Gasteiger partial charge in [0.25, 0.3) is 5.91 Å². The Morgan fingerprint density at radius 2 is 1.86 bits per heavy atom. The molecule has 2 heterocycles. The molecule has 0 fully saturated rings. The van der Waals surface area contributed by atoms with Gasteiger partial charge in [-0.15, -0.1) is 11.3 Å². The minimum Gasteiger partial charge on any atom is -0.468 e. The minimum absolute atomic E-state index is 0.0647. The lowest BCUT2D eigenvalue weighted by Gasteiger charge is -2.19. The maximum Gasteiger partial charge on any atom is 0.251 e. The number of nitrogens with one attached hydrogen (secondary N) is 2. The number of carbonyl (C=O) groups is 1. The predicted molar refractivity (Wildman–Crippen MR) is 113 cm³/mol. The quantitative estimate of drug-likeness (QED) is 0.527. The Morgan fingerprint density at radius 1 is 1.10 bits per heavy atom. The molecule has 2 N–H and O–H groups in total. The van der Waals surface area contributed by atoms with E-state index in [1.165, 1.54) is 30.5 Å². The van der Waals surface area contributed by atoms with E-state index < -0.39 is 10.0 Å². The van der Waals surface area contributed by atoms with Crippen LogP contribution in [0.15, 0.2) is 69.5 Å². The molecule has 3 aromatic rings. The van der Waals surface area contributed by atoms with E-state index in [-0.39, 0.29) is 23.4 Å². The van der Waals surface area contributed by atoms with Gasteiger partial charge in [-0.3, -0.25) is 4.79 Å². The molecule has 8 heteroatoms. The Kier molecular flexibility index (Phi) is 6.89. The second kappa shape index (κ2) is 9.39. The van der Waals surface area contributed by atoms with Gasteiger partial charge in [0.1, 0.15) is 5.76 Å². The summed E-state index contributed by atoms with van der Waals surface area (Å²) in [6.07, 6.45) is 2.31. The van der Waals surface area contributed by atoms with Gasteiger partial charge in [0.15, 0.2) is 0 Å². The molecule has 1 unspecified atom stereocenters. The van der Waals surface area contributed by atoms with E-state index in [0.717, 1.165) is 11.3 Å². The second-order valence-corrected chi connectivity index (χ2v) is 9.85. The fourth-order valence-corrected chi connectivity index (χ4v) is 4.68. The molecule has 0 spiro atoms. The summed E-state index contributed by atoms with van der Waals surface area (Å²) < 4.78 is 32.4. The van der Waals surface area contributed by atoms with Crippen molar-refractivity contribution in [2.45, 2.75) is 37.8 Å². The molecule has 0 saturated heterocycles. The number of hydrogen-bond donors (Lipinski definition) is 2. The highest BCUT2D eigenvalue weighted by Crippen LogP contribution is 2.25. The molecule has 0 saturated carbocycles. The molecule has 0 aliphatic rings. The molecule has 0 radical (unpaired) electrons. The zero-order chi connectivity index (χ0) is 20.9. The van der Waals surface area contributed by atoms with Crippen molar-refractivity contribution in [2.75, 3.05) is 0 Å². The van der Waals surface area contributed by atoms with Gasteiger partial charge in [0, 0.05) is 10.4 Å². The van der Waals surface area contributed by atoms with E-state index in [1.54, 1.807) is 23.5 Å². The summed E-state index contributed by atoms with van der Waals surface area (Å²) >= 11 is 1.61. The van der Waals surface area contributed by atoms with Crippen molar-refractivity contribution < 1.29 is 17.6 Å². The van der Waals surface area contributed by atoms with E-state index in [2.05, 4.69) is 23.9 Å².